The summed E-state index contributed by atoms with van der Waals surface area (Å²) in [6.07, 6.45) is 0. The zero-order chi connectivity index (χ0) is 13.4. The number of carbonyl (C=O) groups excluding carboxylic acids is 1. The van der Waals surface area contributed by atoms with E-state index in [0.29, 0.717) is 0 Å². The van der Waals surface area contributed by atoms with Crippen molar-refractivity contribution >= 4 is 5.97 Å². The summed E-state index contributed by atoms with van der Waals surface area (Å²) in [7, 11) is 0. The molecule has 1 aromatic carbocycles. The first-order valence-corrected chi connectivity index (χ1v) is 5.89. The van der Waals surface area contributed by atoms with Gasteiger partial charge in [-0.15, -0.1) is 0 Å². The number of benzene rings is 1. The van der Waals surface area contributed by atoms with Crippen molar-refractivity contribution in [2.45, 2.75) is 52.4 Å². The third-order valence-electron chi connectivity index (χ3n) is 2.90. The molecule has 0 aliphatic heterocycles. The van der Waals surface area contributed by atoms with Gasteiger partial charge in [0.15, 0.2) is 0 Å². The minimum Gasteiger partial charge on any atom is -0.545 e. The summed E-state index contributed by atoms with van der Waals surface area (Å²) in [5.74, 6) is -1.11. The molecule has 0 spiro atoms. The van der Waals surface area contributed by atoms with Gasteiger partial charge in [-0.2, -0.15) is 0 Å². The molecule has 0 aliphatic carbocycles. The molecule has 0 unspecified atom stereocenters. The SMILES string of the molecule is CC(C)(C)c1cc(C(=O)[O-])cc(C(C)(C)C)c1.[Na+]. The summed E-state index contributed by atoms with van der Waals surface area (Å²) >= 11 is 0. The maximum atomic E-state index is 11.0. The molecule has 0 heterocycles. The van der Waals surface area contributed by atoms with Crippen LogP contribution >= 0.6 is 0 Å². The second-order valence-electron chi connectivity index (χ2n) is 6.59. The van der Waals surface area contributed by atoms with Crippen molar-refractivity contribution in [1.82, 2.24) is 0 Å². The average molecular weight is 256 g/mol. The summed E-state index contributed by atoms with van der Waals surface area (Å²) < 4.78 is 0. The number of carboxylic acids is 1. The first-order chi connectivity index (χ1) is 7.51. The fourth-order valence-electron chi connectivity index (χ4n) is 1.61. The molecule has 0 radical (unpaired) electrons. The molecule has 0 aromatic heterocycles. The van der Waals surface area contributed by atoms with Gasteiger partial charge >= 0.3 is 29.6 Å². The van der Waals surface area contributed by atoms with Crippen LogP contribution in [0.25, 0.3) is 0 Å². The topological polar surface area (TPSA) is 40.1 Å². The monoisotopic (exact) mass is 256 g/mol. The molecule has 0 aliphatic rings. The first-order valence-electron chi connectivity index (χ1n) is 5.89. The van der Waals surface area contributed by atoms with Gasteiger partial charge in [0.2, 0.25) is 0 Å². The van der Waals surface area contributed by atoms with Crippen LogP contribution in [0.1, 0.15) is 63.0 Å². The second-order valence-corrected chi connectivity index (χ2v) is 6.59. The minimum atomic E-state index is -1.11. The molecule has 0 saturated carbocycles. The molecule has 1 aromatic rings. The molecule has 1 rings (SSSR count). The predicted molar refractivity (Wildman–Crippen MR) is 68.2 cm³/mol. The molecule has 0 fully saturated rings. The summed E-state index contributed by atoms with van der Waals surface area (Å²) in [5, 5.41) is 11.0. The van der Waals surface area contributed by atoms with Gasteiger partial charge in [0, 0.05) is 0 Å². The standard InChI is InChI=1S/C15H22O2.Na/c1-14(2,3)11-7-10(13(16)17)8-12(9-11)15(4,5)6;/h7-9H,1-6H3,(H,16,17);/q;+1/p-1. The molecule has 2 nitrogen and oxygen atoms in total. The van der Waals surface area contributed by atoms with Gasteiger partial charge in [0.05, 0.1) is 5.97 Å². The van der Waals surface area contributed by atoms with Gasteiger partial charge in [-0.05, 0) is 39.7 Å². The number of rotatable bonds is 1. The van der Waals surface area contributed by atoms with Crippen LogP contribution in [0.2, 0.25) is 0 Å². The van der Waals surface area contributed by atoms with E-state index in [1.807, 2.05) is 0 Å². The van der Waals surface area contributed by atoms with E-state index in [4.69, 9.17) is 0 Å². The van der Waals surface area contributed by atoms with Crippen molar-refractivity contribution in [2.75, 3.05) is 0 Å². The van der Waals surface area contributed by atoms with Crippen molar-refractivity contribution in [2.24, 2.45) is 0 Å². The van der Waals surface area contributed by atoms with E-state index in [2.05, 4.69) is 47.6 Å². The van der Waals surface area contributed by atoms with Crippen LogP contribution in [0.5, 0.6) is 0 Å². The number of carbonyl (C=O) groups is 1. The van der Waals surface area contributed by atoms with E-state index in [-0.39, 0.29) is 46.0 Å². The zero-order valence-electron chi connectivity index (χ0n) is 12.5. The Hall–Kier alpha value is -0.310. The van der Waals surface area contributed by atoms with Crippen molar-refractivity contribution in [3.8, 4) is 0 Å². The fraction of sp³-hybridized carbons (Fsp3) is 0.533. The molecule has 0 amide bonds. The summed E-state index contributed by atoms with van der Waals surface area (Å²) in [6, 6.07) is 5.52. The Labute approximate surface area is 132 Å². The second kappa shape index (κ2) is 5.77. The Morgan fingerprint density at radius 3 is 1.44 bits per heavy atom. The van der Waals surface area contributed by atoms with Crippen LogP contribution in [0.15, 0.2) is 18.2 Å². The molecule has 3 heteroatoms. The quantitative estimate of drug-likeness (QED) is 0.644. The number of hydrogen-bond acceptors (Lipinski definition) is 2. The van der Waals surface area contributed by atoms with Crippen LogP contribution in [0, 0.1) is 0 Å². The number of hydrogen-bond donors (Lipinski definition) is 0. The maximum absolute atomic E-state index is 11.0. The smallest absolute Gasteiger partial charge is 0.545 e. The molecule has 0 saturated heterocycles. The Morgan fingerprint density at radius 2 is 1.22 bits per heavy atom. The van der Waals surface area contributed by atoms with E-state index in [1.54, 1.807) is 12.1 Å². The van der Waals surface area contributed by atoms with Gasteiger partial charge in [0.1, 0.15) is 0 Å². The Morgan fingerprint density at radius 1 is 0.889 bits per heavy atom. The van der Waals surface area contributed by atoms with Gasteiger partial charge in [-0.25, -0.2) is 0 Å². The molecule has 0 bridgehead atoms. The Kier molecular flexibility index (Phi) is 5.67. The third-order valence-corrected chi connectivity index (χ3v) is 2.90. The number of carboxylic acid groups (broad SMARTS) is 1. The van der Waals surface area contributed by atoms with Crippen molar-refractivity contribution < 1.29 is 39.5 Å². The normalized spacial score (nSPS) is 11.9. The van der Waals surface area contributed by atoms with Crippen LogP contribution in [-0.4, -0.2) is 5.97 Å². The fourth-order valence-corrected chi connectivity index (χ4v) is 1.61. The number of aromatic carboxylic acids is 1. The molecular weight excluding hydrogens is 235 g/mol. The van der Waals surface area contributed by atoms with E-state index >= 15 is 0 Å². The molecular formula is C15H21NaO2. The first kappa shape index (κ1) is 17.7. The van der Waals surface area contributed by atoms with Crippen molar-refractivity contribution in [3.05, 3.63) is 34.9 Å². The van der Waals surface area contributed by atoms with Gasteiger partial charge in [-0.3, -0.25) is 0 Å². The van der Waals surface area contributed by atoms with Crippen LogP contribution in [-0.2, 0) is 10.8 Å². The van der Waals surface area contributed by atoms with Crippen molar-refractivity contribution in [1.29, 1.82) is 0 Å². The minimum absolute atomic E-state index is 0. The van der Waals surface area contributed by atoms with E-state index in [0.717, 1.165) is 11.1 Å². The van der Waals surface area contributed by atoms with E-state index in [9.17, 15) is 9.90 Å². The average Bonchev–Trinajstić information content (AvgIpc) is 2.14. The van der Waals surface area contributed by atoms with Crippen LogP contribution < -0.4 is 34.7 Å². The van der Waals surface area contributed by atoms with Gasteiger partial charge < -0.3 is 9.90 Å². The zero-order valence-corrected chi connectivity index (χ0v) is 14.5. The maximum Gasteiger partial charge on any atom is 1.00 e. The van der Waals surface area contributed by atoms with Crippen LogP contribution in [0.3, 0.4) is 0 Å². The summed E-state index contributed by atoms with van der Waals surface area (Å²) in [4.78, 5) is 11.0. The Balaban J connectivity index is 0.00000289. The molecule has 94 valence electrons. The van der Waals surface area contributed by atoms with Crippen molar-refractivity contribution in [3.63, 3.8) is 0 Å². The molecule has 0 N–H and O–H groups in total. The van der Waals surface area contributed by atoms with Gasteiger partial charge in [0.25, 0.3) is 0 Å². The largest absolute Gasteiger partial charge is 1.00 e. The summed E-state index contributed by atoms with van der Waals surface area (Å²) in [6.45, 7) is 12.5. The molecule has 0 atom stereocenters. The third kappa shape index (κ3) is 4.42. The molecule has 18 heavy (non-hydrogen) atoms. The van der Waals surface area contributed by atoms with Crippen LogP contribution in [0.4, 0.5) is 0 Å². The van der Waals surface area contributed by atoms with E-state index in [1.165, 1.54) is 0 Å². The van der Waals surface area contributed by atoms with Gasteiger partial charge in [-0.1, -0.05) is 47.6 Å². The van der Waals surface area contributed by atoms with E-state index < -0.39 is 5.97 Å². The summed E-state index contributed by atoms with van der Waals surface area (Å²) in [5.41, 5.74) is 2.20. The predicted octanol–water partition coefficient (Wildman–Crippen LogP) is -0.351. The Bertz CT molecular complexity index is 405.